The fourth-order valence-corrected chi connectivity index (χ4v) is 6.31. The molecule has 5 rings (SSSR count). The molecule has 1 aliphatic carbocycles. The highest BCUT2D eigenvalue weighted by molar-refractivity contribution is 5.91. The fourth-order valence-electron chi connectivity index (χ4n) is 6.31. The zero-order valence-electron chi connectivity index (χ0n) is 22.3. The van der Waals surface area contributed by atoms with Gasteiger partial charge in [0.15, 0.2) is 0 Å². The van der Waals surface area contributed by atoms with E-state index in [-0.39, 0.29) is 40.8 Å². The summed E-state index contributed by atoms with van der Waals surface area (Å²) in [6.07, 6.45) is 6.93. The molecule has 1 amide bonds. The molecule has 6 nitrogen and oxygen atoms in total. The third-order valence-corrected chi connectivity index (χ3v) is 8.16. The highest BCUT2D eigenvalue weighted by Gasteiger charge is 2.51. The topological polar surface area (TPSA) is 78.2 Å². The Morgan fingerprint density at radius 1 is 0.974 bits per heavy atom. The van der Waals surface area contributed by atoms with E-state index in [1.54, 1.807) is 6.07 Å². The van der Waals surface area contributed by atoms with Gasteiger partial charge in [0.25, 0.3) is 5.82 Å². The minimum atomic E-state index is -0.886. The van der Waals surface area contributed by atoms with E-state index in [2.05, 4.69) is 28.5 Å². The summed E-state index contributed by atoms with van der Waals surface area (Å²) >= 11 is 0. The van der Waals surface area contributed by atoms with Crippen molar-refractivity contribution in [1.29, 1.82) is 0 Å². The summed E-state index contributed by atoms with van der Waals surface area (Å²) in [5.74, 6) is 0.563. The number of imidazole rings is 1. The summed E-state index contributed by atoms with van der Waals surface area (Å²) < 4.78 is 9.39. The Morgan fingerprint density at radius 2 is 1.62 bits per heavy atom. The fraction of sp³-hybridized carbons (Fsp3) is 0.281. The summed E-state index contributed by atoms with van der Waals surface area (Å²) in [7, 11) is 1.39. The standard InChI is InChI=1S/C32H33N3O3.BrH/c1-23-34(22-24-10-9-11-25(20-24)30(36)38-2)18-19-35(23)29-17-16-28(21-29)32(31(33)37,26-12-5-3-6-13-26)27-14-7-4-8-15-27;/h3-15,18-20,28-29H,16-17,21-22H2,1-2H3,(H-,33,37);1H/t28-,29+;/m1./s1. The molecule has 39 heavy (non-hydrogen) atoms. The lowest BCUT2D eigenvalue weighted by Gasteiger charge is -2.37. The minimum Gasteiger partial charge on any atom is -1.00 e. The molecule has 1 saturated carbocycles. The third-order valence-electron chi connectivity index (χ3n) is 8.16. The van der Waals surface area contributed by atoms with Crippen LogP contribution < -0.4 is 27.3 Å². The summed E-state index contributed by atoms with van der Waals surface area (Å²) in [6, 6.07) is 27.8. The number of rotatable bonds is 8. The molecule has 4 aromatic rings. The molecule has 0 spiro atoms. The van der Waals surface area contributed by atoms with Gasteiger partial charge in [0.05, 0.1) is 12.7 Å². The summed E-state index contributed by atoms with van der Waals surface area (Å²) in [6.45, 7) is 2.77. The van der Waals surface area contributed by atoms with Crippen molar-refractivity contribution in [2.45, 2.75) is 44.2 Å². The molecule has 0 bridgehead atoms. The van der Waals surface area contributed by atoms with Crippen molar-refractivity contribution < 1.29 is 35.9 Å². The molecule has 0 aliphatic heterocycles. The maximum atomic E-state index is 13.4. The number of benzene rings is 3. The van der Waals surface area contributed by atoms with Crippen molar-refractivity contribution in [3.63, 3.8) is 0 Å². The van der Waals surface area contributed by atoms with Crippen LogP contribution in [0.5, 0.6) is 0 Å². The largest absolute Gasteiger partial charge is 1.00 e. The third kappa shape index (κ3) is 5.28. The van der Waals surface area contributed by atoms with Crippen LogP contribution in [0, 0.1) is 12.8 Å². The number of carbonyl (C=O) groups is 2. The number of carbonyl (C=O) groups excluding carboxylic acids is 2. The van der Waals surface area contributed by atoms with Crippen LogP contribution in [0.1, 0.15) is 58.2 Å². The number of methoxy groups -OCH3 is 1. The van der Waals surface area contributed by atoms with Crippen LogP contribution in [0.4, 0.5) is 0 Å². The number of nitrogens with zero attached hydrogens (tertiary/aromatic N) is 2. The zero-order valence-corrected chi connectivity index (χ0v) is 23.9. The van der Waals surface area contributed by atoms with Gasteiger partial charge in [0.1, 0.15) is 30.4 Å². The van der Waals surface area contributed by atoms with Crippen molar-refractivity contribution in [2.24, 2.45) is 11.7 Å². The predicted octanol–water partition coefficient (Wildman–Crippen LogP) is 1.74. The maximum absolute atomic E-state index is 13.4. The second-order valence-electron chi connectivity index (χ2n) is 10.1. The Morgan fingerprint density at radius 3 is 2.21 bits per heavy atom. The number of halogens is 1. The van der Waals surface area contributed by atoms with Crippen LogP contribution in [0.15, 0.2) is 97.3 Å². The first kappa shape index (κ1) is 28.3. The van der Waals surface area contributed by atoms with Crippen molar-refractivity contribution in [3.05, 3.63) is 125 Å². The average Bonchev–Trinajstić information content (AvgIpc) is 3.57. The number of nitrogens with two attached hydrogens (primary N) is 1. The monoisotopic (exact) mass is 587 g/mol. The number of esters is 1. The molecule has 1 heterocycles. The van der Waals surface area contributed by atoms with Crippen LogP contribution in [0.2, 0.25) is 0 Å². The van der Waals surface area contributed by atoms with Gasteiger partial charge in [-0.1, -0.05) is 72.8 Å². The van der Waals surface area contributed by atoms with Gasteiger partial charge in [-0.05, 0) is 54.0 Å². The maximum Gasteiger partial charge on any atom is 0.337 e. The van der Waals surface area contributed by atoms with E-state index in [1.165, 1.54) is 7.11 Å². The van der Waals surface area contributed by atoms with Gasteiger partial charge in [-0.25, -0.2) is 13.9 Å². The Bertz CT molecular complexity index is 1400. The van der Waals surface area contributed by atoms with Gasteiger partial charge in [0.2, 0.25) is 5.91 Å². The van der Waals surface area contributed by atoms with Gasteiger partial charge in [-0.3, -0.25) is 4.79 Å². The SMILES string of the molecule is COC(=O)c1cccc(Cn2cc[n+]([C@H]3CC[C@@H](C(C(N)=O)(c4ccccc4)c4ccccc4)C3)c2C)c1.[Br-]. The number of aromatic nitrogens is 2. The molecular weight excluding hydrogens is 554 g/mol. The van der Waals surface area contributed by atoms with E-state index in [4.69, 9.17) is 10.5 Å². The van der Waals surface area contributed by atoms with Gasteiger partial charge in [-0.2, -0.15) is 0 Å². The van der Waals surface area contributed by atoms with Crippen molar-refractivity contribution >= 4 is 11.9 Å². The molecule has 3 aromatic carbocycles. The highest BCUT2D eigenvalue weighted by atomic mass is 79.9. The molecule has 0 unspecified atom stereocenters. The summed E-state index contributed by atoms with van der Waals surface area (Å²) in [5, 5.41) is 0. The molecule has 2 N–H and O–H groups in total. The van der Waals surface area contributed by atoms with E-state index >= 15 is 0 Å². The van der Waals surface area contributed by atoms with Gasteiger partial charge in [-0.15, -0.1) is 0 Å². The van der Waals surface area contributed by atoms with Crippen molar-refractivity contribution in [1.82, 2.24) is 4.57 Å². The van der Waals surface area contributed by atoms with E-state index in [0.717, 1.165) is 41.8 Å². The van der Waals surface area contributed by atoms with Gasteiger partial charge < -0.3 is 27.5 Å². The van der Waals surface area contributed by atoms with Crippen molar-refractivity contribution in [2.75, 3.05) is 7.11 Å². The Labute approximate surface area is 240 Å². The lowest BCUT2D eigenvalue weighted by molar-refractivity contribution is -0.727. The zero-order chi connectivity index (χ0) is 26.7. The van der Waals surface area contributed by atoms with Gasteiger partial charge in [0, 0.05) is 6.92 Å². The lowest BCUT2D eigenvalue weighted by Crippen LogP contribution is -3.00. The van der Waals surface area contributed by atoms with Crippen LogP contribution in [-0.4, -0.2) is 23.6 Å². The molecule has 7 heteroatoms. The minimum absolute atomic E-state index is 0. The first-order chi connectivity index (χ1) is 18.4. The molecule has 0 radical (unpaired) electrons. The number of amides is 1. The second kappa shape index (κ2) is 12.0. The predicted molar refractivity (Wildman–Crippen MR) is 145 cm³/mol. The summed E-state index contributed by atoms with van der Waals surface area (Å²) in [5.41, 5.74) is 8.88. The Balaban J connectivity index is 0.00000353. The van der Waals surface area contributed by atoms with Crippen LogP contribution in [0.3, 0.4) is 0 Å². The number of hydrogen-bond acceptors (Lipinski definition) is 3. The molecule has 1 fully saturated rings. The van der Waals surface area contributed by atoms with Crippen molar-refractivity contribution in [3.8, 4) is 0 Å². The van der Waals surface area contributed by atoms with E-state index in [1.807, 2.05) is 78.9 Å². The second-order valence-corrected chi connectivity index (χ2v) is 10.1. The molecule has 202 valence electrons. The first-order valence-corrected chi connectivity index (χ1v) is 13.1. The quantitative estimate of drug-likeness (QED) is 0.252. The summed E-state index contributed by atoms with van der Waals surface area (Å²) in [4.78, 5) is 25.4. The van der Waals surface area contributed by atoms with Crippen LogP contribution >= 0.6 is 0 Å². The normalized spacial score (nSPS) is 16.9. The number of hydrogen-bond donors (Lipinski definition) is 1. The molecule has 2 atom stereocenters. The van der Waals surface area contributed by atoms with E-state index in [9.17, 15) is 9.59 Å². The number of primary amides is 1. The van der Waals surface area contributed by atoms with Gasteiger partial charge >= 0.3 is 5.97 Å². The smallest absolute Gasteiger partial charge is 0.337 e. The van der Waals surface area contributed by atoms with E-state index < -0.39 is 5.41 Å². The van der Waals surface area contributed by atoms with E-state index in [0.29, 0.717) is 12.1 Å². The van der Waals surface area contributed by atoms with Crippen LogP contribution in [-0.2, 0) is 21.5 Å². The average molecular weight is 589 g/mol. The highest BCUT2D eigenvalue weighted by Crippen LogP contribution is 2.48. The van der Waals surface area contributed by atoms with Crippen LogP contribution in [0.25, 0.3) is 0 Å². The lowest BCUT2D eigenvalue weighted by atomic mass is 9.64. The molecular formula is C32H34BrN3O3. The molecule has 0 saturated heterocycles. The molecule has 1 aromatic heterocycles. The Hall–Kier alpha value is -3.71. The Kier molecular flexibility index (Phi) is 8.70. The number of ether oxygens (including phenoxy) is 1. The molecule has 1 aliphatic rings. The first-order valence-electron chi connectivity index (χ1n) is 13.1.